The van der Waals surface area contributed by atoms with Crippen molar-refractivity contribution in [2.24, 2.45) is 11.1 Å². The highest BCUT2D eigenvalue weighted by molar-refractivity contribution is 5.85. The summed E-state index contributed by atoms with van der Waals surface area (Å²) < 4.78 is 76.6. The Labute approximate surface area is 129 Å². The molecule has 128 valence electrons. The summed E-state index contributed by atoms with van der Waals surface area (Å²) in [4.78, 5) is 0. The lowest BCUT2D eigenvalue weighted by molar-refractivity contribution is -0.143. The van der Waals surface area contributed by atoms with Gasteiger partial charge in [-0.1, -0.05) is 19.9 Å². The topological polar surface area (TPSA) is 46.2 Å². The van der Waals surface area contributed by atoms with Crippen LogP contribution in [0.5, 0.6) is 0 Å². The second-order valence-electron chi connectivity index (χ2n) is 5.42. The van der Waals surface area contributed by atoms with Crippen LogP contribution in [0, 0.1) is 5.41 Å². The molecule has 0 aliphatic rings. The van der Waals surface area contributed by atoms with Crippen LogP contribution >= 0.6 is 12.4 Å². The summed E-state index contributed by atoms with van der Waals surface area (Å²) >= 11 is 0. The molecule has 2 nitrogen and oxygen atoms in total. The molecule has 3 N–H and O–H groups in total. The molecule has 1 aromatic carbocycles. The van der Waals surface area contributed by atoms with Crippen LogP contribution in [0.15, 0.2) is 18.2 Å². The van der Waals surface area contributed by atoms with E-state index in [1.165, 1.54) is 13.8 Å². The number of halogens is 7. The normalized spacial score (nSPS) is 14.5. The van der Waals surface area contributed by atoms with E-state index in [4.69, 9.17) is 10.8 Å². The Balaban J connectivity index is 0.00000441. The minimum atomic E-state index is -4.97. The summed E-state index contributed by atoms with van der Waals surface area (Å²) in [6.45, 7) is 2.34. The fourth-order valence-corrected chi connectivity index (χ4v) is 1.77. The van der Waals surface area contributed by atoms with Gasteiger partial charge in [-0.15, -0.1) is 12.4 Å². The van der Waals surface area contributed by atoms with Gasteiger partial charge < -0.3 is 10.8 Å². The number of aliphatic hydroxyl groups is 1. The van der Waals surface area contributed by atoms with E-state index in [2.05, 4.69) is 0 Å². The third kappa shape index (κ3) is 4.50. The van der Waals surface area contributed by atoms with E-state index < -0.39 is 47.1 Å². The maximum Gasteiger partial charge on any atom is 0.416 e. The number of hydrogen-bond donors (Lipinski definition) is 2. The van der Waals surface area contributed by atoms with Crippen molar-refractivity contribution in [1.82, 2.24) is 0 Å². The first-order valence-corrected chi connectivity index (χ1v) is 5.95. The summed E-state index contributed by atoms with van der Waals surface area (Å²) in [6, 6.07) is 0.0512. The first-order chi connectivity index (χ1) is 9.30. The highest BCUT2D eigenvalue weighted by Crippen LogP contribution is 2.42. The van der Waals surface area contributed by atoms with Crippen molar-refractivity contribution in [3.63, 3.8) is 0 Å². The lowest BCUT2D eigenvalue weighted by Gasteiger charge is -2.31. The van der Waals surface area contributed by atoms with Crippen LogP contribution < -0.4 is 5.73 Å². The van der Waals surface area contributed by atoms with Gasteiger partial charge in [-0.25, -0.2) is 0 Å². The zero-order valence-corrected chi connectivity index (χ0v) is 12.5. The minimum absolute atomic E-state index is 0. The molecule has 9 heteroatoms. The first-order valence-electron chi connectivity index (χ1n) is 5.95. The van der Waals surface area contributed by atoms with Crippen molar-refractivity contribution in [3.05, 3.63) is 34.9 Å². The maximum absolute atomic E-state index is 13.0. The summed E-state index contributed by atoms with van der Waals surface area (Å²) in [5.74, 6) is 0. The average molecular weight is 352 g/mol. The van der Waals surface area contributed by atoms with Crippen LogP contribution in [0.4, 0.5) is 26.3 Å². The molecule has 1 aromatic rings. The van der Waals surface area contributed by atoms with Crippen molar-refractivity contribution >= 4 is 12.4 Å². The van der Waals surface area contributed by atoms with E-state index in [1.807, 2.05) is 0 Å². The fourth-order valence-electron chi connectivity index (χ4n) is 1.77. The second kappa shape index (κ2) is 6.64. The third-order valence-corrected chi connectivity index (χ3v) is 3.27. The predicted molar refractivity (Wildman–Crippen MR) is 71.5 cm³/mol. The molecule has 1 rings (SSSR count). The van der Waals surface area contributed by atoms with Crippen LogP contribution in [0.1, 0.15) is 36.6 Å². The highest BCUT2D eigenvalue weighted by Gasteiger charge is 2.41. The SMILES string of the molecule is CC(C)(CO)[C@H](N)c1ccc(C(F)(F)F)cc1C(F)(F)F.Cl. The Morgan fingerprint density at radius 1 is 1.05 bits per heavy atom. The van der Waals surface area contributed by atoms with Crippen LogP contribution in [-0.2, 0) is 12.4 Å². The van der Waals surface area contributed by atoms with Gasteiger partial charge in [0.05, 0.1) is 11.1 Å². The third-order valence-electron chi connectivity index (χ3n) is 3.27. The lowest BCUT2D eigenvalue weighted by atomic mass is 9.80. The molecule has 0 fully saturated rings. The summed E-state index contributed by atoms with van der Waals surface area (Å²) in [7, 11) is 0. The molecule has 22 heavy (non-hydrogen) atoms. The fraction of sp³-hybridized carbons (Fsp3) is 0.538. The first kappa shape index (κ1) is 21.0. The molecule has 0 spiro atoms. The van der Waals surface area contributed by atoms with Gasteiger partial charge in [-0.05, 0) is 17.7 Å². The highest BCUT2D eigenvalue weighted by atomic mass is 35.5. The van der Waals surface area contributed by atoms with Crippen LogP contribution in [-0.4, -0.2) is 11.7 Å². The van der Waals surface area contributed by atoms with Gasteiger partial charge in [-0.2, -0.15) is 26.3 Å². The van der Waals surface area contributed by atoms with Gasteiger partial charge in [0.15, 0.2) is 0 Å². The number of hydrogen-bond acceptors (Lipinski definition) is 2. The lowest BCUT2D eigenvalue weighted by Crippen LogP contribution is -2.34. The van der Waals surface area contributed by atoms with Crippen molar-refractivity contribution < 1.29 is 31.4 Å². The largest absolute Gasteiger partial charge is 0.416 e. The van der Waals surface area contributed by atoms with Gasteiger partial charge in [0.25, 0.3) is 0 Å². The molecular weight excluding hydrogens is 336 g/mol. The second-order valence-corrected chi connectivity index (χ2v) is 5.42. The van der Waals surface area contributed by atoms with Crippen LogP contribution in [0.25, 0.3) is 0 Å². The average Bonchev–Trinajstić information content (AvgIpc) is 2.35. The van der Waals surface area contributed by atoms with E-state index in [-0.39, 0.29) is 18.5 Å². The van der Waals surface area contributed by atoms with Crippen LogP contribution in [0.2, 0.25) is 0 Å². The molecule has 0 aliphatic carbocycles. The van der Waals surface area contributed by atoms with E-state index >= 15 is 0 Å². The molecule has 0 aromatic heterocycles. The van der Waals surface area contributed by atoms with Crippen molar-refractivity contribution in [1.29, 1.82) is 0 Å². The summed E-state index contributed by atoms with van der Waals surface area (Å²) in [5, 5.41) is 9.16. The Hall–Kier alpha value is -0.990. The zero-order chi connectivity index (χ0) is 16.6. The molecule has 0 bridgehead atoms. The Kier molecular flexibility index (Phi) is 6.34. The molecule has 0 heterocycles. The smallest absolute Gasteiger partial charge is 0.396 e. The number of alkyl halides is 6. The molecular formula is C13H16ClF6NO. The van der Waals surface area contributed by atoms with E-state index in [1.54, 1.807) is 0 Å². The zero-order valence-electron chi connectivity index (χ0n) is 11.7. The Morgan fingerprint density at radius 2 is 1.55 bits per heavy atom. The van der Waals surface area contributed by atoms with Crippen LogP contribution in [0.3, 0.4) is 0 Å². The summed E-state index contributed by atoms with van der Waals surface area (Å²) in [6.07, 6.45) is -9.85. The van der Waals surface area contributed by atoms with Gasteiger partial charge in [0, 0.05) is 18.1 Å². The predicted octanol–water partition coefficient (Wildman–Crippen LogP) is 4.16. The van der Waals surface area contributed by atoms with Crippen molar-refractivity contribution in [2.45, 2.75) is 32.2 Å². The van der Waals surface area contributed by atoms with Crippen molar-refractivity contribution in [2.75, 3.05) is 6.61 Å². The van der Waals surface area contributed by atoms with Gasteiger partial charge >= 0.3 is 12.4 Å². The van der Waals surface area contributed by atoms with E-state index in [0.717, 1.165) is 0 Å². The van der Waals surface area contributed by atoms with E-state index in [9.17, 15) is 26.3 Å². The molecule has 0 unspecified atom stereocenters. The molecule has 0 amide bonds. The summed E-state index contributed by atoms with van der Waals surface area (Å²) in [5.41, 5.74) is 1.28. The van der Waals surface area contributed by atoms with Gasteiger partial charge in [0.2, 0.25) is 0 Å². The Morgan fingerprint density at radius 3 is 1.91 bits per heavy atom. The molecule has 1 atom stereocenters. The van der Waals surface area contributed by atoms with E-state index in [0.29, 0.717) is 12.1 Å². The number of benzene rings is 1. The number of rotatable bonds is 3. The molecule has 0 saturated heterocycles. The minimum Gasteiger partial charge on any atom is -0.396 e. The quantitative estimate of drug-likeness (QED) is 0.803. The number of nitrogens with two attached hydrogens (primary N) is 1. The monoisotopic (exact) mass is 351 g/mol. The molecule has 0 radical (unpaired) electrons. The number of aliphatic hydroxyl groups excluding tert-OH is 1. The van der Waals surface area contributed by atoms with Crippen molar-refractivity contribution in [3.8, 4) is 0 Å². The molecule has 0 saturated carbocycles. The standard InChI is InChI=1S/C13H15F6NO.ClH/c1-11(2,6-21)10(20)8-4-3-7(12(14,15)16)5-9(8)13(17,18)19;/h3-5,10,21H,6,20H2,1-2H3;1H/t10-;/m1./s1. The van der Waals surface area contributed by atoms with Gasteiger partial charge in [-0.3, -0.25) is 0 Å². The Bertz CT molecular complexity index is 512. The van der Waals surface area contributed by atoms with Gasteiger partial charge in [0.1, 0.15) is 0 Å². The maximum atomic E-state index is 13.0. The molecule has 0 aliphatic heterocycles.